The summed E-state index contributed by atoms with van der Waals surface area (Å²) in [6, 6.07) is 9.32. The molecule has 1 amide bonds. The van der Waals surface area contributed by atoms with Gasteiger partial charge in [-0.1, -0.05) is 30.3 Å². The maximum atomic E-state index is 12.2. The van der Waals surface area contributed by atoms with Crippen LogP contribution in [0.1, 0.15) is 44.9 Å². The monoisotopic (exact) mass is 425 g/mol. The second-order valence-electron chi connectivity index (χ2n) is 8.11. The van der Waals surface area contributed by atoms with Gasteiger partial charge < -0.3 is 14.8 Å². The van der Waals surface area contributed by atoms with E-state index in [9.17, 15) is 9.59 Å². The maximum Gasteiger partial charge on any atom is 0.412 e. The highest BCUT2D eigenvalue weighted by Gasteiger charge is 2.21. The van der Waals surface area contributed by atoms with Gasteiger partial charge in [-0.15, -0.1) is 0 Å². The predicted molar refractivity (Wildman–Crippen MR) is 117 cm³/mol. The van der Waals surface area contributed by atoms with Gasteiger partial charge in [-0.3, -0.25) is 10.1 Å². The Balaban J connectivity index is 1.91. The summed E-state index contributed by atoms with van der Waals surface area (Å²) in [5.74, 6) is 0.184. The lowest BCUT2D eigenvalue weighted by Crippen LogP contribution is -2.27. The quantitative estimate of drug-likeness (QED) is 0.573. The van der Waals surface area contributed by atoms with E-state index in [0.717, 1.165) is 11.1 Å². The molecular weight excluding hydrogens is 398 g/mol. The van der Waals surface area contributed by atoms with Crippen molar-refractivity contribution in [2.75, 3.05) is 17.2 Å². The summed E-state index contributed by atoms with van der Waals surface area (Å²) in [5.41, 5.74) is 2.36. The number of carbonyl (C=O) groups excluding carboxylic acids is 2. The number of hydrogen-bond donors (Lipinski definition) is 2. The highest BCUT2D eigenvalue weighted by atomic mass is 16.6. The topological polar surface area (TPSA) is 107 Å². The number of benzene rings is 1. The van der Waals surface area contributed by atoms with Gasteiger partial charge in [0.25, 0.3) is 0 Å². The normalized spacial score (nSPS) is 12.3. The van der Waals surface area contributed by atoms with Gasteiger partial charge in [-0.2, -0.15) is 5.10 Å². The average Bonchev–Trinajstić information content (AvgIpc) is 3.00. The summed E-state index contributed by atoms with van der Waals surface area (Å²) in [5, 5.41) is 10.4. The Kier molecular flexibility index (Phi) is 6.43. The first-order chi connectivity index (χ1) is 14.6. The number of ether oxygens (including phenoxy) is 2. The van der Waals surface area contributed by atoms with E-state index in [0.29, 0.717) is 17.0 Å². The van der Waals surface area contributed by atoms with Crippen molar-refractivity contribution in [3.8, 4) is 0 Å². The van der Waals surface area contributed by atoms with Crippen LogP contribution in [0.5, 0.6) is 0 Å². The van der Waals surface area contributed by atoms with Gasteiger partial charge in [0.05, 0.1) is 17.9 Å². The Morgan fingerprint density at radius 1 is 1.19 bits per heavy atom. The van der Waals surface area contributed by atoms with E-state index in [1.54, 1.807) is 31.5 Å². The zero-order chi connectivity index (χ0) is 22.6. The van der Waals surface area contributed by atoms with E-state index in [4.69, 9.17) is 9.47 Å². The van der Waals surface area contributed by atoms with E-state index < -0.39 is 11.7 Å². The largest absolute Gasteiger partial charge is 0.463 e. The molecule has 31 heavy (non-hydrogen) atoms. The summed E-state index contributed by atoms with van der Waals surface area (Å²) >= 11 is 0. The number of esters is 1. The molecule has 1 atom stereocenters. The van der Waals surface area contributed by atoms with Crippen LogP contribution in [0.4, 0.5) is 16.3 Å². The first-order valence-electron chi connectivity index (χ1n) is 9.92. The standard InChI is InChI=1S/C22H27N5O4/c1-14-17(26-21(29)31-22(3,4)5)11-27-19(14)20(23-13-24-27)25-18(12-30-15(2)28)16-9-7-6-8-10-16/h6-11,13,18H,12H2,1-5H3,(H,26,29)(H,23,24,25)/t18-/m1/s1. The van der Waals surface area contributed by atoms with Crippen molar-refractivity contribution >= 4 is 29.1 Å². The lowest BCUT2D eigenvalue weighted by molar-refractivity contribution is -0.141. The second kappa shape index (κ2) is 9.03. The first-order valence-corrected chi connectivity index (χ1v) is 9.92. The molecule has 0 radical (unpaired) electrons. The number of nitrogens with zero attached hydrogens (tertiary/aromatic N) is 3. The van der Waals surface area contributed by atoms with Crippen LogP contribution in [0.25, 0.3) is 5.52 Å². The van der Waals surface area contributed by atoms with Crippen LogP contribution in [0, 0.1) is 6.92 Å². The Morgan fingerprint density at radius 2 is 1.90 bits per heavy atom. The molecule has 164 valence electrons. The Bertz CT molecular complexity index is 1070. The number of aryl methyl sites for hydroxylation is 1. The van der Waals surface area contributed by atoms with Crippen LogP contribution in [0.3, 0.4) is 0 Å². The highest BCUT2D eigenvalue weighted by molar-refractivity contribution is 5.90. The van der Waals surface area contributed by atoms with Crippen LogP contribution < -0.4 is 10.6 Å². The fraction of sp³-hybridized carbons (Fsp3) is 0.364. The fourth-order valence-electron chi connectivity index (χ4n) is 3.08. The SMILES string of the molecule is CC(=O)OC[C@@H](Nc1ncnn2cc(NC(=O)OC(C)(C)C)c(C)c12)c1ccccc1. The molecular formula is C22H27N5O4. The van der Waals surface area contributed by atoms with E-state index in [-0.39, 0.29) is 18.6 Å². The zero-order valence-electron chi connectivity index (χ0n) is 18.3. The first kappa shape index (κ1) is 22.1. The van der Waals surface area contributed by atoms with Crippen LogP contribution in [0.15, 0.2) is 42.9 Å². The lowest BCUT2D eigenvalue weighted by Gasteiger charge is -2.20. The molecule has 0 saturated heterocycles. The number of fused-ring (bicyclic) bond motifs is 1. The molecule has 3 aromatic rings. The predicted octanol–water partition coefficient (Wildman–Crippen LogP) is 4.10. The molecule has 2 heterocycles. The van der Waals surface area contributed by atoms with Gasteiger partial charge in [0.1, 0.15) is 24.1 Å². The molecule has 1 aromatic carbocycles. The smallest absolute Gasteiger partial charge is 0.412 e. The minimum absolute atomic E-state index is 0.137. The minimum atomic E-state index is -0.608. The summed E-state index contributed by atoms with van der Waals surface area (Å²) in [6.45, 7) is 8.78. The van der Waals surface area contributed by atoms with Gasteiger partial charge in [0.2, 0.25) is 0 Å². The van der Waals surface area contributed by atoms with Crippen LogP contribution in [-0.4, -0.2) is 38.9 Å². The molecule has 0 unspecified atom stereocenters. The molecule has 0 spiro atoms. The van der Waals surface area contributed by atoms with E-state index in [1.807, 2.05) is 37.3 Å². The van der Waals surface area contributed by atoms with Crippen LogP contribution in [0.2, 0.25) is 0 Å². The fourth-order valence-corrected chi connectivity index (χ4v) is 3.08. The number of hydrogen-bond acceptors (Lipinski definition) is 7. The molecule has 0 aliphatic heterocycles. The van der Waals surface area contributed by atoms with Gasteiger partial charge in [-0.25, -0.2) is 14.3 Å². The van der Waals surface area contributed by atoms with Gasteiger partial charge in [0, 0.05) is 12.5 Å². The van der Waals surface area contributed by atoms with Crippen molar-refractivity contribution in [1.82, 2.24) is 14.6 Å². The third-order valence-corrected chi connectivity index (χ3v) is 4.43. The van der Waals surface area contributed by atoms with Crippen LogP contribution >= 0.6 is 0 Å². The number of anilines is 2. The van der Waals surface area contributed by atoms with Gasteiger partial charge in [-0.05, 0) is 33.3 Å². The van der Waals surface area contributed by atoms with Gasteiger partial charge >= 0.3 is 12.1 Å². The Hall–Kier alpha value is -3.62. The highest BCUT2D eigenvalue weighted by Crippen LogP contribution is 2.29. The molecule has 0 aliphatic rings. The molecule has 2 N–H and O–H groups in total. The molecule has 0 aliphatic carbocycles. The van der Waals surface area contributed by atoms with Crippen molar-refractivity contribution in [3.05, 3.63) is 54.0 Å². The number of carbonyl (C=O) groups is 2. The molecule has 3 rings (SSSR count). The third kappa shape index (κ3) is 5.71. The average molecular weight is 425 g/mol. The molecule has 0 bridgehead atoms. The van der Waals surface area contributed by atoms with Crippen molar-refractivity contribution in [2.45, 2.75) is 46.3 Å². The van der Waals surface area contributed by atoms with Crippen molar-refractivity contribution in [3.63, 3.8) is 0 Å². The molecule has 2 aromatic heterocycles. The third-order valence-electron chi connectivity index (χ3n) is 4.43. The second-order valence-corrected chi connectivity index (χ2v) is 8.11. The summed E-state index contributed by atoms with van der Waals surface area (Å²) in [4.78, 5) is 28.0. The van der Waals surface area contributed by atoms with Crippen LogP contribution in [-0.2, 0) is 14.3 Å². The van der Waals surface area contributed by atoms with Gasteiger partial charge in [0.15, 0.2) is 5.82 Å². The number of nitrogens with one attached hydrogen (secondary N) is 2. The van der Waals surface area contributed by atoms with Crippen molar-refractivity contribution in [1.29, 1.82) is 0 Å². The lowest BCUT2D eigenvalue weighted by atomic mass is 10.1. The summed E-state index contributed by atoms with van der Waals surface area (Å²) in [7, 11) is 0. The summed E-state index contributed by atoms with van der Waals surface area (Å²) in [6.07, 6.45) is 2.57. The van der Waals surface area contributed by atoms with Crippen molar-refractivity contribution in [2.24, 2.45) is 0 Å². The molecule has 0 saturated carbocycles. The van der Waals surface area contributed by atoms with E-state index in [2.05, 4.69) is 20.7 Å². The minimum Gasteiger partial charge on any atom is -0.463 e. The van der Waals surface area contributed by atoms with E-state index in [1.165, 1.54) is 13.3 Å². The van der Waals surface area contributed by atoms with Crippen molar-refractivity contribution < 1.29 is 19.1 Å². The summed E-state index contributed by atoms with van der Waals surface area (Å²) < 4.78 is 12.2. The Labute approximate surface area is 180 Å². The van der Waals surface area contributed by atoms with E-state index >= 15 is 0 Å². The Morgan fingerprint density at radius 3 is 2.55 bits per heavy atom. The maximum absolute atomic E-state index is 12.2. The molecule has 9 nitrogen and oxygen atoms in total. The molecule has 9 heteroatoms. The molecule has 0 fully saturated rings. The number of aromatic nitrogens is 3. The number of amides is 1. The zero-order valence-corrected chi connectivity index (χ0v) is 18.3. The number of rotatable bonds is 6.